The van der Waals surface area contributed by atoms with Crippen LogP contribution in [0.2, 0.25) is 0 Å². The molecule has 0 aromatic rings. The first-order valence-corrected chi connectivity index (χ1v) is 3.25. The second-order valence-electron chi connectivity index (χ2n) is 2.35. The summed E-state index contributed by atoms with van der Waals surface area (Å²) in [7, 11) is 0. The molecule has 0 amide bonds. The van der Waals surface area contributed by atoms with Crippen LogP contribution in [0.1, 0.15) is 6.92 Å². The number of carbonyl (C=O) groups excluding carboxylic acids is 1. The van der Waals surface area contributed by atoms with Crippen molar-refractivity contribution in [2.75, 3.05) is 6.54 Å². The Morgan fingerprint density at radius 2 is 1.91 bits per heavy atom. The van der Waals surface area contributed by atoms with Gasteiger partial charge in [-0.15, -0.1) is 0 Å². The van der Waals surface area contributed by atoms with Crippen LogP contribution in [0.15, 0.2) is 0 Å². The molecule has 5 nitrogen and oxygen atoms in total. The molecule has 0 aromatic carbocycles. The first kappa shape index (κ1) is 10.5. The lowest BCUT2D eigenvalue weighted by atomic mass is 10.1. The quantitative estimate of drug-likeness (QED) is 0.370. The maximum atomic E-state index is 10.4. The number of rotatable bonds is 4. The van der Waals surface area contributed by atoms with Crippen LogP contribution in [0, 0.1) is 0 Å². The first-order chi connectivity index (χ1) is 5.00. The Labute approximate surface area is 64.4 Å². The fourth-order valence-corrected chi connectivity index (χ4v) is 0.590. The van der Waals surface area contributed by atoms with E-state index in [1.54, 1.807) is 0 Å². The van der Waals surface area contributed by atoms with Crippen LogP contribution in [0.5, 0.6) is 0 Å². The van der Waals surface area contributed by atoms with Crippen molar-refractivity contribution in [1.82, 2.24) is 0 Å². The van der Waals surface area contributed by atoms with E-state index in [2.05, 4.69) is 0 Å². The van der Waals surface area contributed by atoms with Gasteiger partial charge in [-0.25, -0.2) is 0 Å². The van der Waals surface area contributed by atoms with Gasteiger partial charge in [-0.3, -0.25) is 4.79 Å². The van der Waals surface area contributed by atoms with E-state index in [4.69, 9.17) is 21.1 Å². The monoisotopic (exact) mass is 163 g/mol. The summed E-state index contributed by atoms with van der Waals surface area (Å²) < 4.78 is 0. The van der Waals surface area contributed by atoms with Crippen molar-refractivity contribution in [1.29, 1.82) is 0 Å². The predicted octanol–water partition coefficient (Wildman–Crippen LogP) is -2.38. The normalized spacial score (nSPS) is 19.0. The van der Waals surface area contributed by atoms with Crippen molar-refractivity contribution in [2.24, 2.45) is 5.73 Å². The molecule has 5 heteroatoms. The van der Waals surface area contributed by atoms with Crippen LogP contribution < -0.4 is 5.73 Å². The second kappa shape index (κ2) is 4.40. The molecule has 0 aliphatic rings. The summed E-state index contributed by atoms with van der Waals surface area (Å²) in [5.41, 5.74) is 4.98. The van der Waals surface area contributed by atoms with Gasteiger partial charge in [0.1, 0.15) is 12.2 Å². The van der Waals surface area contributed by atoms with Gasteiger partial charge in [0.2, 0.25) is 0 Å². The topological polar surface area (TPSA) is 104 Å². The zero-order valence-electron chi connectivity index (χ0n) is 6.27. The molecule has 11 heavy (non-hydrogen) atoms. The SMILES string of the molecule is CC(=O)C(O)C(O)C(O)CN. The number of carbonyl (C=O) groups is 1. The van der Waals surface area contributed by atoms with Crippen molar-refractivity contribution in [2.45, 2.75) is 25.2 Å². The lowest BCUT2D eigenvalue weighted by Crippen LogP contribution is -2.44. The summed E-state index contributed by atoms with van der Waals surface area (Å²) >= 11 is 0. The molecule has 0 radical (unpaired) electrons. The van der Waals surface area contributed by atoms with E-state index >= 15 is 0 Å². The van der Waals surface area contributed by atoms with Gasteiger partial charge in [-0.05, 0) is 6.92 Å². The average Bonchev–Trinajstić information content (AvgIpc) is 2.00. The summed E-state index contributed by atoms with van der Waals surface area (Å²) in [6.07, 6.45) is -4.29. The van der Waals surface area contributed by atoms with Crippen molar-refractivity contribution in [3.63, 3.8) is 0 Å². The van der Waals surface area contributed by atoms with E-state index in [-0.39, 0.29) is 6.54 Å². The van der Waals surface area contributed by atoms with E-state index in [0.717, 1.165) is 6.92 Å². The van der Waals surface area contributed by atoms with E-state index in [9.17, 15) is 4.79 Å². The number of aliphatic hydroxyl groups is 3. The average molecular weight is 163 g/mol. The van der Waals surface area contributed by atoms with E-state index < -0.39 is 24.1 Å². The first-order valence-electron chi connectivity index (χ1n) is 3.25. The fraction of sp³-hybridized carbons (Fsp3) is 0.833. The third-order valence-corrected chi connectivity index (χ3v) is 1.38. The van der Waals surface area contributed by atoms with E-state index in [1.807, 2.05) is 0 Å². The molecule has 0 saturated carbocycles. The molecular formula is C6H13NO4. The molecule has 0 fully saturated rings. The lowest BCUT2D eigenvalue weighted by molar-refractivity contribution is -0.135. The van der Waals surface area contributed by atoms with Crippen molar-refractivity contribution in [3.8, 4) is 0 Å². The smallest absolute Gasteiger partial charge is 0.160 e. The van der Waals surface area contributed by atoms with Gasteiger partial charge in [0.15, 0.2) is 5.78 Å². The molecule has 0 heterocycles. The summed E-state index contributed by atoms with van der Waals surface area (Å²) in [6.45, 7) is 0.933. The molecule has 0 aromatic heterocycles. The highest BCUT2D eigenvalue weighted by Crippen LogP contribution is 1.99. The predicted molar refractivity (Wildman–Crippen MR) is 37.8 cm³/mol. The largest absolute Gasteiger partial charge is 0.389 e. The molecule has 0 aliphatic heterocycles. The van der Waals surface area contributed by atoms with Crippen LogP contribution >= 0.6 is 0 Å². The third kappa shape index (κ3) is 2.94. The molecule has 66 valence electrons. The molecule has 0 bridgehead atoms. The number of aliphatic hydroxyl groups excluding tert-OH is 3. The zero-order valence-corrected chi connectivity index (χ0v) is 6.27. The molecule has 0 saturated heterocycles. The van der Waals surface area contributed by atoms with Gasteiger partial charge in [0.05, 0.1) is 6.10 Å². The Morgan fingerprint density at radius 3 is 2.18 bits per heavy atom. The summed E-state index contributed by atoms with van der Waals surface area (Å²) in [5, 5.41) is 26.7. The minimum Gasteiger partial charge on any atom is -0.389 e. The Kier molecular flexibility index (Phi) is 4.20. The third-order valence-electron chi connectivity index (χ3n) is 1.38. The van der Waals surface area contributed by atoms with Gasteiger partial charge in [-0.2, -0.15) is 0 Å². The highest BCUT2D eigenvalue weighted by atomic mass is 16.4. The van der Waals surface area contributed by atoms with Crippen LogP contribution in [-0.2, 0) is 4.79 Å². The molecule has 0 spiro atoms. The van der Waals surface area contributed by atoms with Gasteiger partial charge in [0, 0.05) is 6.54 Å². The van der Waals surface area contributed by atoms with Crippen molar-refractivity contribution >= 4 is 5.78 Å². The molecule has 0 rings (SSSR count). The fourth-order valence-electron chi connectivity index (χ4n) is 0.590. The molecule has 3 atom stereocenters. The van der Waals surface area contributed by atoms with Crippen LogP contribution in [0.25, 0.3) is 0 Å². The summed E-state index contributed by atoms with van der Waals surface area (Å²) in [6, 6.07) is 0. The second-order valence-corrected chi connectivity index (χ2v) is 2.35. The highest BCUT2D eigenvalue weighted by molar-refractivity contribution is 5.80. The van der Waals surface area contributed by atoms with E-state index in [0.29, 0.717) is 0 Å². The minimum absolute atomic E-state index is 0.189. The van der Waals surface area contributed by atoms with Crippen molar-refractivity contribution in [3.05, 3.63) is 0 Å². The number of hydrogen-bond donors (Lipinski definition) is 4. The summed E-state index contributed by atoms with van der Waals surface area (Å²) in [5.74, 6) is -0.593. The van der Waals surface area contributed by atoms with Gasteiger partial charge < -0.3 is 21.1 Å². The van der Waals surface area contributed by atoms with Gasteiger partial charge >= 0.3 is 0 Å². The molecule has 3 unspecified atom stereocenters. The van der Waals surface area contributed by atoms with Crippen molar-refractivity contribution < 1.29 is 20.1 Å². The van der Waals surface area contributed by atoms with Gasteiger partial charge in [-0.1, -0.05) is 0 Å². The van der Waals surface area contributed by atoms with E-state index in [1.165, 1.54) is 0 Å². The standard InChI is InChI=1S/C6H13NO4/c1-3(8)5(10)6(11)4(9)2-7/h4-6,9-11H,2,7H2,1H3. The van der Waals surface area contributed by atoms with Crippen LogP contribution in [0.3, 0.4) is 0 Å². The molecular weight excluding hydrogens is 150 g/mol. The Bertz CT molecular complexity index is 139. The minimum atomic E-state index is -1.55. The lowest BCUT2D eigenvalue weighted by Gasteiger charge is -2.19. The molecule has 5 N–H and O–H groups in total. The zero-order chi connectivity index (χ0) is 9.02. The Balaban J connectivity index is 4.00. The van der Waals surface area contributed by atoms with Crippen LogP contribution in [-0.4, -0.2) is 46.0 Å². The van der Waals surface area contributed by atoms with Gasteiger partial charge in [0.25, 0.3) is 0 Å². The maximum Gasteiger partial charge on any atom is 0.160 e. The van der Waals surface area contributed by atoms with Crippen LogP contribution in [0.4, 0.5) is 0 Å². The highest BCUT2D eigenvalue weighted by Gasteiger charge is 2.26. The Morgan fingerprint density at radius 1 is 1.45 bits per heavy atom. The number of nitrogens with two attached hydrogens (primary N) is 1. The maximum absolute atomic E-state index is 10.4. The Hall–Kier alpha value is -0.490. The molecule has 0 aliphatic carbocycles. The number of hydrogen-bond acceptors (Lipinski definition) is 5. The number of Topliss-reactive ketones (excluding diaryl/α,β-unsaturated/α-hetero) is 1. The summed E-state index contributed by atoms with van der Waals surface area (Å²) in [4.78, 5) is 10.4. The number of ketones is 1.